The lowest BCUT2D eigenvalue weighted by molar-refractivity contribution is 0.0296. The van der Waals surface area contributed by atoms with Crippen molar-refractivity contribution in [2.45, 2.75) is 38.3 Å². The van der Waals surface area contributed by atoms with Crippen molar-refractivity contribution in [3.05, 3.63) is 35.9 Å². The predicted molar refractivity (Wildman–Crippen MR) is 88.1 cm³/mol. The van der Waals surface area contributed by atoms with E-state index in [0.717, 1.165) is 41.9 Å². The smallest absolute Gasteiger partial charge is 0.134 e. The largest absolute Gasteiger partial charge is 0.375 e. The molecule has 2 unspecified atom stereocenters. The minimum absolute atomic E-state index is 0.226. The highest BCUT2D eigenvalue weighted by Gasteiger charge is 2.28. The standard InChI is InChI=1S/C17H21ClN2O/c1-3-15-11-21-12(2)10-20(15)17-14(9-18)8-13-6-4-5-7-16(13)19-17/h4-8,12,15H,3,9-11H2,1-2H3. The van der Waals surface area contributed by atoms with Crippen LogP contribution in [0.5, 0.6) is 0 Å². The van der Waals surface area contributed by atoms with Crippen LogP contribution in [0.1, 0.15) is 25.8 Å². The summed E-state index contributed by atoms with van der Waals surface area (Å²) in [6.45, 7) is 5.93. The van der Waals surface area contributed by atoms with Gasteiger partial charge in [-0.15, -0.1) is 11.6 Å². The number of hydrogen-bond donors (Lipinski definition) is 0. The van der Waals surface area contributed by atoms with Crippen LogP contribution in [0, 0.1) is 0 Å². The van der Waals surface area contributed by atoms with E-state index in [1.54, 1.807) is 0 Å². The van der Waals surface area contributed by atoms with Gasteiger partial charge in [0, 0.05) is 17.5 Å². The topological polar surface area (TPSA) is 25.4 Å². The number of rotatable bonds is 3. The molecule has 1 aromatic carbocycles. The molecule has 0 aliphatic carbocycles. The fourth-order valence-electron chi connectivity index (χ4n) is 2.94. The Morgan fingerprint density at radius 3 is 2.95 bits per heavy atom. The van der Waals surface area contributed by atoms with Crippen LogP contribution in [0.25, 0.3) is 10.9 Å². The quantitative estimate of drug-likeness (QED) is 0.802. The number of para-hydroxylation sites is 1. The van der Waals surface area contributed by atoms with Crippen LogP contribution in [-0.2, 0) is 10.6 Å². The minimum atomic E-state index is 0.226. The fourth-order valence-corrected chi connectivity index (χ4v) is 3.13. The first kappa shape index (κ1) is 14.6. The number of aromatic nitrogens is 1. The zero-order valence-corrected chi connectivity index (χ0v) is 13.3. The summed E-state index contributed by atoms with van der Waals surface area (Å²) in [5.41, 5.74) is 2.12. The van der Waals surface area contributed by atoms with Crippen molar-refractivity contribution in [1.29, 1.82) is 0 Å². The molecule has 1 saturated heterocycles. The van der Waals surface area contributed by atoms with E-state index in [-0.39, 0.29) is 6.10 Å². The summed E-state index contributed by atoms with van der Waals surface area (Å²) in [5.74, 6) is 1.50. The Bertz CT molecular complexity index is 631. The second-order valence-electron chi connectivity index (χ2n) is 5.66. The third kappa shape index (κ3) is 2.85. The van der Waals surface area contributed by atoms with Crippen LogP contribution < -0.4 is 4.90 Å². The molecule has 3 rings (SSSR count). The van der Waals surface area contributed by atoms with Crippen LogP contribution in [0.2, 0.25) is 0 Å². The molecular weight excluding hydrogens is 284 g/mol. The van der Waals surface area contributed by atoms with Gasteiger partial charge in [0.2, 0.25) is 0 Å². The second-order valence-corrected chi connectivity index (χ2v) is 5.92. The summed E-state index contributed by atoms with van der Waals surface area (Å²) in [7, 11) is 0. The molecule has 0 radical (unpaired) electrons. The summed E-state index contributed by atoms with van der Waals surface area (Å²) in [6.07, 6.45) is 1.27. The highest BCUT2D eigenvalue weighted by Crippen LogP contribution is 2.29. The number of pyridine rings is 1. The molecule has 21 heavy (non-hydrogen) atoms. The number of morpholine rings is 1. The van der Waals surface area contributed by atoms with E-state index in [1.165, 1.54) is 0 Å². The van der Waals surface area contributed by atoms with E-state index in [0.29, 0.717) is 11.9 Å². The van der Waals surface area contributed by atoms with Crippen LogP contribution in [-0.4, -0.2) is 30.3 Å². The van der Waals surface area contributed by atoms with Crippen LogP contribution in [0.15, 0.2) is 30.3 Å². The van der Waals surface area contributed by atoms with Gasteiger partial charge >= 0.3 is 0 Å². The summed E-state index contributed by atoms with van der Waals surface area (Å²) in [5, 5.41) is 1.14. The van der Waals surface area contributed by atoms with Gasteiger partial charge in [0.25, 0.3) is 0 Å². The maximum absolute atomic E-state index is 6.18. The fraction of sp³-hybridized carbons (Fsp3) is 0.471. The Kier molecular flexibility index (Phi) is 4.32. The zero-order valence-electron chi connectivity index (χ0n) is 12.6. The molecule has 0 amide bonds. The molecular formula is C17H21ClN2O. The molecule has 1 aliphatic heterocycles. The van der Waals surface area contributed by atoms with Gasteiger partial charge in [-0.2, -0.15) is 0 Å². The maximum atomic E-state index is 6.18. The van der Waals surface area contributed by atoms with Crippen molar-refractivity contribution >= 4 is 28.3 Å². The Morgan fingerprint density at radius 1 is 1.38 bits per heavy atom. The lowest BCUT2D eigenvalue weighted by Crippen LogP contribution is -2.49. The van der Waals surface area contributed by atoms with Gasteiger partial charge < -0.3 is 9.64 Å². The van der Waals surface area contributed by atoms with Crippen LogP contribution in [0.4, 0.5) is 5.82 Å². The average Bonchev–Trinajstić information content (AvgIpc) is 2.53. The SMILES string of the molecule is CCC1COC(C)CN1c1nc2ccccc2cc1CCl. The molecule has 112 valence electrons. The van der Waals surface area contributed by atoms with Gasteiger partial charge in [-0.3, -0.25) is 0 Å². The summed E-state index contributed by atoms with van der Waals surface area (Å²) < 4.78 is 5.79. The highest BCUT2D eigenvalue weighted by molar-refractivity contribution is 6.17. The summed E-state index contributed by atoms with van der Waals surface area (Å²) in [6, 6.07) is 10.7. The second kappa shape index (κ2) is 6.20. The molecule has 1 fully saturated rings. The molecule has 3 nitrogen and oxygen atoms in total. The van der Waals surface area contributed by atoms with E-state index >= 15 is 0 Å². The van der Waals surface area contributed by atoms with Crippen molar-refractivity contribution in [1.82, 2.24) is 4.98 Å². The number of hydrogen-bond acceptors (Lipinski definition) is 3. The van der Waals surface area contributed by atoms with Crippen molar-refractivity contribution in [2.24, 2.45) is 0 Å². The lowest BCUT2D eigenvalue weighted by atomic mass is 10.1. The van der Waals surface area contributed by atoms with Crippen molar-refractivity contribution in [3.8, 4) is 0 Å². The number of fused-ring (bicyclic) bond motifs is 1. The van der Waals surface area contributed by atoms with Gasteiger partial charge in [-0.25, -0.2) is 4.98 Å². The number of nitrogens with zero attached hydrogens (tertiary/aromatic N) is 2. The summed E-state index contributed by atoms with van der Waals surface area (Å²) >= 11 is 6.18. The number of anilines is 1. The molecule has 2 aromatic rings. The van der Waals surface area contributed by atoms with Crippen LogP contribution >= 0.6 is 11.6 Å². The molecule has 0 spiro atoms. The van der Waals surface area contributed by atoms with Crippen LogP contribution in [0.3, 0.4) is 0 Å². The van der Waals surface area contributed by atoms with E-state index in [9.17, 15) is 0 Å². The van der Waals surface area contributed by atoms with E-state index < -0.39 is 0 Å². The van der Waals surface area contributed by atoms with Gasteiger partial charge in [-0.05, 0) is 25.5 Å². The molecule has 2 heterocycles. The Balaban J connectivity index is 2.08. The first-order valence-corrected chi connectivity index (χ1v) is 8.09. The normalized spacial score (nSPS) is 22.7. The molecule has 0 saturated carbocycles. The van der Waals surface area contributed by atoms with Gasteiger partial charge in [0.15, 0.2) is 0 Å². The Morgan fingerprint density at radius 2 is 2.19 bits per heavy atom. The maximum Gasteiger partial charge on any atom is 0.134 e. The van der Waals surface area contributed by atoms with Gasteiger partial charge in [0.1, 0.15) is 5.82 Å². The zero-order chi connectivity index (χ0) is 14.8. The summed E-state index contributed by atoms with van der Waals surface area (Å²) in [4.78, 5) is 7.26. The Labute approximate surface area is 130 Å². The first-order chi connectivity index (χ1) is 10.2. The third-order valence-corrected chi connectivity index (χ3v) is 4.42. The number of benzene rings is 1. The van der Waals surface area contributed by atoms with Crippen molar-refractivity contribution < 1.29 is 4.74 Å². The first-order valence-electron chi connectivity index (χ1n) is 7.55. The average molecular weight is 305 g/mol. The van der Waals surface area contributed by atoms with E-state index in [2.05, 4.69) is 36.9 Å². The monoisotopic (exact) mass is 304 g/mol. The van der Waals surface area contributed by atoms with Crippen molar-refractivity contribution in [2.75, 3.05) is 18.1 Å². The molecule has 0 N–H and O–H groups in total. The highest BCUT2D eigenvalue weighted by atomic mass is 35.5. The molecule has 1 aromatic heterocycles. The van der Waals surface area contributed by atoms with Crippen molar-refractivity contribution in [3.63, 3.8) is 0 Å². The lowest BCUT2D eigenvalue weighted by Gasteiger charge is -2.40. The minimum Gasteiger partial charge on any atom is -0.375 e. The van der Waals surface area contributed by atoms with E-state index in [1.807, 2.05) is 12.1 Å². The third-order valence-electron chi connectivity index (χ3n) is 4.14. The predicted octanol–water partition coefficient (Wildman–Crippen LogP) is 3.98. The van der Waals surface area contributed by atoms with E-state index in [4.69, 9.17) is 21.3 Å². The number of ether oxygens (including phenoxy) is 1. The van der Waals surface area contributed by atoms with Gasteiger partial charge in [0.05, 0.1) is 30.1 Å². The molecule has 0 bridgehead atoms. The number of halogens is 1. The van der Waals surface area contributed by atoms with Gasteiger partial charge in [-0.1, -0.05) is 25.1 Å². The number of alkyl halides is 1. The molecule has 2 atom stereocenters. The molecule has 1 aliphatic rings. The molecule has 4 heteroatoms. The Hall–Kier alpha value is -1.32.